The number of piperidine rings is 1. The summed E-state index contributed by atoms with van der Waals surface area (Å²) < 4.78 is 13.2. The number of halogens is 2. The van der Waals surface area contributed by atoms with Gasteiger partial charge in [-0.2, -0.15) is 0 Å². The van der Waals surface area contributed by atoms with E-state index in [1.165, 1.54) is 12.1 Å². The molecule has 5 heteroatoms. The minimum atomic E-state index is -0.245. The highest BCUT2D eigenvalue weighted by atomic mass is 35.5. The fourth-order valence-electron chi connectivity index (χ4n) is 2.60. The number of carbonyl (C=O) groups excluding carboxylic acids is 1. The van der Waals surface area contributed by atoms with Gasteiger partial charge in [-0.3, -0.25) is 4.79 Å². The van der Waals surface area contributed by atoms with Crippen molar-refractivity contribution in [3.63, 3.8) is 0 Å². The van der Waals surface area contributed by atoms with Crippen LogP contribution in [0.3, 0.4) is 0 Å². The topological polar surface area (TPSA) is 46.3 Å². The van der Waals surface area contributed by atoms with Crippen LogP contribution in [0.5, 0.6) is 0 Å². The van der Waals surface area contributed by atoms with Crippen LogP contribution in [0.1, 0.15) is 24.3 Å². The Morgan fingerprint density at radius 3 is 2.95 bits per heavy atom. The average Bonchev–Trinajstić information content (AvgIpc) is 2.38. The molecular formula is C14H18ClFN2O. The standard InChI is InChI=1S/C14H18ClFN2O/c15-6-4-14(19)18-7-5-12(13(17)9-18)10-2-1-3-11(16)8-10/h1-3,8,12-13H,4-7,9,17H2. The second kappa shape index (κ2) is 6.35. The lowest BCUT2D eigenvalue weighted by molar-refractivity contribution is -0.132. The molecule has 0 aliphatic carbocycles. The van der Waals surface area contributed by atoms with Crippen LogP contribution in [-0.4, -0.2) is 35.8 Å². The summed E-state index contributed by atoms with van der Waals surface area (Å²) in [6.45, 7) is 1.17. The summed E-state index contributed by atoms with van der Waals surface area (Å²) in [5, 5.41) is 0. The van der Waals surface area contributed by atoms with Crippen LogP contribution in [0.4, 0.5) is 4.39 Å². The van der Waals surface area contributed by atoms with Gasteiger partial charge in [-0.1, -0.05) is 12.1 Å². The summed E-state index contributed by atoms with van der Waals surface area (Å²) in [6, 6.07) is 6.39. The van der Waals surface area contributed by atoms with Gasteiger partial charge in [0.2, 0.25) is 5.91 Å². The SMILES string of the molecule is NC1CN(C(=O)CCCl)CCC1c1cccc(F)c1. The number of nitrogens with two attached hydrogens (primary N) is 1. The van der Waals surface area contributed by atoms with Gasteiger partial charge in [0.05, 0.1) is 0 Å². The maximum atomic E-state index is 13.2. The molecule has 1 heterocycles. The van der Waals surface area contributed by atoms with Gasteiger partial charge in [-0.25, -0.2) is 4.39 Å². The van der Waals surface area contributed by atoms with Crippen LogP contribution in [0, 0.1) is 5.82 Å². The number of alkyl halides is 1. The molecule has 2 unspecified atom stereocenters. The summed E-state index contributed by atoms with van der Waals surface area (Å²) in [4.78, 5) is 13.5. The lowest BCUT2D eigenvalue weighted by atomic mass is 9.85. The molecule has 2 N–H and O–H groups in total. The minimum Gasteiger partial charge on any atom is -0.341 e. The van der Waals surface area contributed by atoms with Crippen LogP contribution in [-0.2, 0) is 4.79 Å². The molecule has 0 saturated carbocycles. The van der Waals surface area contributed by atoms with Gasteiger partial charge in [-0.15, -0.1) is 11.6 Å². The van der Waals surface area contributed by atoms with E-state index in [-0.39, 0.29) is 23.7 Å². The van der Waals surface area contributed by atoms with Crippen LogP contribution in [0.15, 0.2) is 24.3 Å². The lowest BCUT2D eigenvalue weighted by Crippen LogP contribution is -2.49. The normalized spacial score (nSPS) is 23.4. The van der Waals surface area contributed by atoms with Gasteiger partial charge >= 0.3 is 0 Å². The maximum absolute atomic E-state index is 13.2. The van der Waals surface area contributed by atoms with E-state index in [1.54, 1.807) is 11.0 Å². The largest absolute Gasteiger partial charge is 0.341 e. The van der Waals surface area contributed by atoms with Crippen molar-refractivity contribution in [2.75, 3.05) is 19.0 Å². The first-order valence-corrected chi connectivity index (χ1v) is 7.00. The average molecular weight is 285 g/mol. The highest BCUT2D eigenvalue weighted by Gasteiger charge is 2.29. The van der Waals surface area contributed by atoms with Crippen LogP contribution >= 0.6 is 11.6 Å². The molecule has 104 valence electrons. The minimum absolute atomic E-state index is 0.0446. The number of rotatable bonds is 3. The summed E-state index contributed by atoms with van der Waals surface area (Å²) in [5.74, 6) is 0.238. The van der Waals surface area contributed by atoms with Gasteiger partial charge in [-0.05, 0) is 24.1 Å². The Labute approximate surface area is 117 Å². The number of amides is 1. The quantitative estimate of drug-likeness (QED) is 0.864. The third-order valence-electron chi connectivity index (χ3n) is 3.60. The first kappa shape index (κ1) is 14.3. The molecule has 0 radical (unpaired) electrons. The number of carbonyl (C=O) groups is 1. The van der Waals surface area contributed by atoms with Crippen molar-refractivity contribution in [1.29, 1.82) is 0 Å². The Balaban J connectivity index is 2.03. The van der Waals surface area contributed by atoms with Crippen molar-refractivity contribution < 1.29 is 9.18 Å². The fraction of sp³-hybridized carbons (Fsp3) is 0.500. The number of nitrogens with zero attached hydrogens (tertiary/aromatic N) is 1. The Hall–Kier alpha value is -1.13. The molecule has 2 rings (SSSR count). The van der Waals surface area contributed by atoms with Crippen molar-refractivity contribution in [3.8, 4) is 0 Å². The second-order valence-electron chi connectivity index (χ2n) is 4.89. The maximum Gasteiger partial charge on any atom is 0.223 e. The van der Waals surface area contributed by atoms with E-state index in [0.717, 1.165) is 12.0 Å². The van der Waals surface area contributed by atoms with Crippen LogP contribution in [0.2, 0.25) is 0 Å². The fourth-order valence-corrected chi connectivity index (χ4v) is 2.76. The zero-order chi connectivity index (χ0) is 13.8. The molecule has 0 spiro atoms. The first-order chi connectivity index (χ1) is 9.11. The van der Waals surface area contributed by atoms with E-state index in [4.69, 9.17) is 17.3 Å². The lowest BCUT2D eigenvalue weighted by Gasteiger charge is -2.37. The molecule has 3 nitrogen and oxygen atoms in total. The molecule has 2 atom stereocenters. The molecule has 1 aromatic rings. The Kier molecular flexibility index (Phi) is 4.77. The van der Waals surface area contributed by atoms with E-state index >= 15 is 0 Å². The van der Waals surface area contributed by atoms with Crippen molar-refractivity contribution in [3.05, 3.63) is 35.6 Å². The number of benzene rings is 1. The second-order valence-corrected chi connectivity index (χ2v) is 5.27. The van der Waals surface area contributed by atoms with Gasteiger partial charge in [0.15, 0.2) is 0 Å². The molecule has 1 saturated heterocycles. The van der Waals surface area contributed by atoms with Crippen LogP contribution in [0.25, 0.3) is 0 Å². The Bertz CT molecular complexity index is 455. The highest BCUT2D eigenvalue weighted by Crippen LogP contribution is 2.28. The monoisotopic (exact) mass is 284 g/mol. The molecule has 1 amide bonds. The molecule has 1 aliphatic rings. The Morgan fingerprint density at radius 1 is 1.53 bits per heavy atom. The molecule has 0 aromatic heterocycles. The molecule has 0 bridgehead atoms. The van der Waals surface area contributed by atoms with Crippen LogP contribution < -0.4 is 5.73 Å². The number of hydrogen-bond donors (Lipinski definition) is 1. The summed E-state index contributed by atoms with van der Waals surface area (Å²) in [5.41, 5.74) is 7.05. The summed E-state index contributed by atoms with van der Waals surface area (Å²) in [6.07, 6.45) is 1.11. The predicted octanol–water partition coefficient (Wildman–Crippen LogP) is 2.10. The number of likely N-dealkylation sites (tertiary alicyclic amines) is 1. The third kappa shape index (κ3) is 3.45. The molecule has 19 heavy (non-hydrogen) atoms. The van der Waals surface area contributed by atoms with Gasteiger partial charge in [0, 0.05) is 37.4 Å². The molecular weight excluding hydrogens is 267 g/mol. The van der Waals surface area contributed by atoms with E-state index in [0.29, 0.717) is 25.4 Å². The van der Waals surface area contributed by atoms with Crippen molar-refractivity contribution >= 4 is 17.5 Å². The molecule has 1 aromatic carbocycles. The summed E-state index contributed by atoms with van der Waals surface area (Å²) >= 11 is 5.57. The van der Waals surface area contributed by atoms with Gasteiger partial charge in [0.1, 0.15) is 5.82 Å². The van der Waals surface area contributed by atoms with E-state index in [2.05, 4.69) is 0 Å². The predicted molar refractivity (Wildman–Crippen MR) is 73.7 cm³/mol. The highest BCUT2D eigenvalue weighted by molar-refractivity contribution is 6.18. The van der Waals surface area contributed by atoms with Crippen molar-refractivity contribution in [2.24, 2.45) is 5.73 Å². The van der Waals surface area contributed by atoms with Gasteiger partial charge < -0.3 is 10.6 Å². The number of hydrogen-bond acceptors (Lipinski definition) is 2. The van der Waals surface area contributed by atoms with E-state index < -0.39 is 0 Å². The third-order valence-corrected chi connectivity index (χ3v) is 3.78. The van der Waals surface area contributed by atoms with Crippen molar-refractivity contribution in [1.82, 2.24) is 4.90 Å². The zero-order valence-electron chi connectivity index (χ0n) is 10.7. The molecule has 1 fully saturated rings. The molecule has 1 aliphatic heterocycles. The first-order valence-electron chi connectivity index (χ1n) is 6.46. The Morgan fingerprint density at radius 2 is 2.32 bits per heavy atom. The van der Waals surface area contributed by atoms with E-state index in [9.17, 15) is 9.18 Å². The summed E-state index contributed by atoms with van der Waals surface area (Å²) in [7, 11) is 0. The smallest absolute Gasteiger partial charge is 0.223 e. The zero-order valence-corrected chi connectivity index (χ0v) is 11.4. The van der Waals surface area contributed by atoms with Crippen molar-refractivity contribution in [2.45, 2.75) is 24.8 Å². The van der Waals surface area contributed by atoms with Gasteiger partial charge in [0.25, 0.3) is 0 Å². The van der Waals surface area contributed by atoms with E-state index in [1.807, 2.05) is 6.07 Å².